The van der Waals surface area contributed by atoms with E-state index in [1.807, 2.05) is 31.2 Å². The molecule has 0 saturated carbocycles. The normalized spacial score (nSPS) is 23.9. The second kappa shape index (κ2) is 8.92. The topological polar surface area (TPSA) is 113 Å². The SMILES string of the molecule is CCCNC(=O)[C@H]1[C@H](CO)[C@H]2Cn3c(ccc(-c4cccnc4)c3=O)[C@H]2N1Cc1cocn1. The molecule has 9 heteroatoms. The zero-order valence-corrected chi connectivity index (χ0v) is 18.4. The Kier molecular flexibility index (Phi) is 5.82. The molecule has 1 fully saturated rings. The summed E-state index contributed by atoms with van der Waals surface area (Å²) in [6.07, 6.45) is 7.12. The van der Waals surface area contributed by atoms with Crippen LogP contribution in [0.1, 0.15) is 30.8 Å². The van der Waals surface area contributed by atoms with Crippen LogP contribution in [-0.2, 0) is 17.9 Å². The summed E-state index contributed by atoms with van der Waals surface area (Å²) in [6, 6.07) is 6.77. The number of hydrogen-bond acceptors (Lipinski definition) is 7. The van der Waals surface area contributed by atoms with E-state index in [0.29, 0.717) is 30.9 Å². The number of oxazole rings is 1. The lowest BCUT2D eigenvalue weighted by Crippen LogP contribution is -2.48. The first-order chi connectivity index (χ1) is 16.1. The zero-order valence-electron chi connectivity index (χ0n) is 18.4. The van der Waals surface area contributed by atoms with E-state index >= 15 is 0 Å². The van der Waals surface area contributed by atoms with Crippen LogP contribution in [0.2, 0.25) is 0 Å². The summed E-state index contributed by atoms with van der Waals surface area (Å²) in [6.45, 7) is 3.27. The van der Waals surface area contributed by atoms with Gasteiger partial charge in [-0.2, -0.15) is 0 Å². The number of nitrogens with zero attached hydrogens (tertiary/aromatic N) is 4. The number of likely N-dealkylation sites (tertiary alicyclic amines) is 1. The summed E-state index contributed by atoms with van der Waals surface area (Å²) in [5.74, 6) is -0.481. The fourth-order valence-corrected chi connectivity index (χ4v) is 5.38. The second-order valence-electron chi connectivity index (χ2n) is 8.67. The Balaban J connectivity index is 1.57. The number of fused-ring (bicyclic) bond motifs is 3. The monoisotopic (exact) mass is 449 g/mol. The summed E-state index contributed by atoms with van der Waals surface area (Å²) < 4.78 is 6.94. The highest BCUT2D eigenvalue weighted by Gasteiger charge is 2.55. The average molecular weight is 450 g/mol. The molecule has 3 aromatic heterocycles. The molecule has 0 bridgehead atoms. The smallest absolute Gasteiger partial charge is 0.258 e. The molecule has 172 valence electrons. The van der Waals surface area contributed by atoms with Gasteiger partial charge in [-0.3, -0.25) is 19.5 Å². The number of carbonyl (C=O) groups is 1. The quantitative estimate of drug-likeness (QED) is 0.563. The van der Waals surface area contributed by atoms with Crippen molar-refractivity contribution in [3.05, 3.63) is 71.1 Å². The maximum absolute atomic E-state index is 13.4. The minimum absolute atomic E-state index is 0.0730. The number of aliphatic hydroxyl groups is 1. The molecule has 1 saturated heterocycles. The van der Waals surface area contributed by atoms with Crippen LogP contribution in [0, 0.1) is 11.8 Å². The number of aliphatic hydroxyl groups excluding tert-OH is 1. The van der Waals surface area contributed by atoms with Crippen LogP contribution in [0.15, 0.2) is 58.5 Å². The molecule has 2 N–H and O–H groups in total. The number of hydrogen-bond donors (Lipinski definition) is 2. The number of nitrogens with one attached hydrogen (secondary N) is 1. The Morgan fingerprint density at radius 1 is 1.33 bits per heavy atom. The largest absolute Gasteiger partial charge is 0.451 e. The molecular weight excluding hydrogens is 422 g/mol. The van der Waals surface area contributed by atoms with Crippen molar-refractivity contribution in [2.75, 3.05) is 13.2 Å². The molecule has 4 atom stereocenters. The van der Waals surface area contributed by atoms with Crippen molar-refractivity contribution in [2.24, 2.45) is 11.8 Å². The fraction of sp³-hybridized carbons (Fsp3) is 0.417. The van der Waals surface area contributed by atoms with Crippen LogP contribution in [0.25, 0.3) is 11.1 Å². The number of amides is 1. The van der Waals surface area contributed by atoms with Crippen molar-refractivity contribution in [3.8, 4) is 11.1 Å². The molecule has 2 aliphatic heterocycles. The van der Waals surface area contributed by atoms with Gasteiger partial charge < -0.3 is 19.4 Å². The van der Waals surface area contributed by atoms with E-state index in [9.17, 15) is 14.7 Å². The van der Waals surface area contributed by atoms with Crippen molar-refractivity contribution >= 4 is 5.91 Å². The summed E-state index contributed by atoms with van der Waals surface area (Å²) in [5.41, 5.74) is 2.83. The van der Waals surface area contributed by atoms with Crippen LogP contribution < -0.4 is 10.9 Å². The number of carbonyl (C=O) groups excluding carboxylic acids is 1. The first-order valence-electron chi connectivity index (χ1n) is 11.3. The van der Waals surface area contributed by atoms with E-state index in [1.54, 1.807) is 23.2 Å². The van der Waals surface area contributed by atoms with Gasteiger partial charge in [0.05, 0.1) is 17.8 Å². The van der Waals surface area contributed by atoms with Crippen LogP contribution in [0.3, 0.4) is 0 Å². The Hall–Kier alpha value is -3.30. The molecule has 3 aromatic rings. The Morgan fingerprint density at radius 2 is 2.21 bits per heavy atom. The number of aromatic nitrogens is 3. The third kappa shape index (κ3) is 3.67. The zero-order chi connectivity index (χ0) is 22.9. The van der Waals surface area contributed by atoms with Gasteiger partial charge in [0.1, 0.15) is 6.26 Å². The lowest BCUT2D eigenvalue weighted by molar-refractivity contribution is -0.128. The molecule has 5 heterocycles. The summed E-state index contributed by atoms with van der Waals surface area (Å²) in [5, 5.41) is 13.3. The maximum Gasteiger partial charge on any atom is 0.258 e. The van der Waals surface area contributed by atoms with E-state index < -0.39 is 6.04 Å². The van der Waals surface area contributed by atoms with Crippen LogP contribution >= 0.6 is 0 Å². The fourth-order valence-electron chi connectivity index (χ4n) is 5.38. The lowest BCUT2D eigenvalue weighted by atomic mass is 9.88. The second-order valence-corrected chi connectivity index (χ2v) is 8.67. The van der Waals surface area contributed by atoms with Gasteiger partial charge in [-0.05, 0) is 24.6 Å². The number of pyridine rings is 2. The minimum Gasteiger partial charge on any atom is -0.451 e. The molecule has 0 spiro atoms. The Morgan fingerprint density at radius 3 is 2.91 bits per heavy atom. The molecule has 0 aliphatic carbocycles. The van der Waals surface area contributed by atoms with Crippen LogP contribution in [-0.4, -0.2) is 49.6 Å². The number of rotatable bonds is 7. The standard InChI is InChI=1S/C24H27N5O4/c1-2-7-26-23(31)22-19(12-30)18-11-28-20(21(18)29(22)10-16-13-33-14-27-16)6-5-17(24(28)32)15-4-3-8-25-9-15/h3-6,8-9,13-14,18-19,21-22,30H,2,7,10-12H2,1H3,(H,26,31)/t18-,19-,21+,22-/m1/s1. The van der Waals surface area contributed by atoms with Gasteiger partial charge in [-0.15, -0.1) is 0 Å². The van der Waals surface area contributed by atoms with Gasteiger partial charge in [0.25, 0.3) is 5.56 Å². The van der Waals surface area contributed by atoms with E-state index in [1.165, 1.54) is 6.39 Å². The van der Waals surface area contributed by atoms with E-state index in [-0.39, 0.29) is 36.0 Å². The van der Waals surface area contributed by atoms with Crippen LogP contribution in [0.4, 0.5) is 0 Å². The third-order valence-electron chi connectivity index (χ3n) is 6.81. The highest BCUT2D eigenvalue weighted by Crippen LogP contribution is 2.49. The molecular formula is C24H27N5O4. The van der Waals surface area contributed by atoms with Crippen molar-refractivity contribution in [1.82, 2.24) is 24.8 Å². The minimum atomic E-state index is -0.518. The predicted molar refractivity (Wildman–Crippen MR) is 120 cm³/mol. The molecule has 9 nitrogen and oxygen atoms in total. The third-order valence-corrected chi connectivity index (χ3v) is 6.81. The molecule has 5 rings (SSSR count). The Labute approximate surface area is 191 Å². The molecule has 33 heavy (non-hydrogen) atoms. The lowest BCUT2D eigenvalue weighted by Gasteiger charge is -2.30. The van der Waals surface area contributed by atoms with Crippen molar-refractivity contribution in [2.45, 2.75) is 38.5 Å². The first kappa shape index (κ1) is 21.5. The van der Waals surface area contributed by atoms with E-state index in [0.717, 1.165) is 17.7 Å². The highest BCUT2D eigenvalue weighted by molar-refractivity contribution is 5.82. The van der Waals surface area contributed by atoms with Gasteiger partial charge in [-0.1, -0.05) is 13.0 Å². The van der Waals surface area contributed by atoms with Gasteiger partial charge >= 0.3 is 0 Å². The van der Waals surface area contributed by atoms with Gasteiger partial charge in [0.15, 0.2) is 6.39 Å². The van der Waals surface area contributed by atoms with Crippen molar-refractivity contribution < 1.29 is 14.3 Å². The molecule has 1 amide bonds. The molecule has 0 unspecified atom stereocenters. The van der Waals surface area contributed by atoms with E-state index in [4.69, 9.17) is 4.42 Å². The predicted octanol–water partition coefficient (Wildman–Crippen LogP) is 1.59. The Bertz CT molecular complexity index is 1180. The molecule has 0 radical (unpaired) electrons. The van der Waals surface area contributed by atoms with Crippen LogP contribution in [0.5, 0.6) is 0 Å². The molecule has 0 aromatic carbocycles. The van der Waals surface area contributed by atoms with E-state index in [2.05, 4.69) is 20.2 Å². The van der Waals surface area contributed by atoms with Gasteiger partial charge in [-0.25, -0.2) is 4.98 Å². The highest BCUT2D eigenvalue weighted by atomic mass is 16.3. The van der Waals surface area contributed by atoms with Gasteiger partial charge in [0, 0.05) is 67.3 Å². The molecule has 2 aliphatic rings. The van der Waals surface area contributed by atoms with Gasteiger partial charge in [0.2, 0.25) is 5.91 Å². The van der Waals surface area contributed by atoms with Crippen molar-refractivity contribution in [3.63, 3.8) is 0 Å². The van der Waals surface area contributed by atoms with Crippen molar-refractivity contribution in [1.29, 1.82) is 0 Å². The summed E-state index contributed by atoms with van der Waals surface area (Å²) >= 11 is 0. The maximum atomic E-state index is 13.4. The first-order valence-corrected chi connectivity index (χ1v) is 11.3. The average Bonchev–Trinajstić information content (AvgIpc) is 3.55. The summed E-state index contributed by atoms with van der Waals surface area (Å²) in [4.78, 5) is 37.0. The summed E-state index contributed by atoms with van der Waals surface area (Å²) in [7, 11) is 0.